The molecular formula is C11H11NO3. The van der Waals surface area contributed by atoms with E-state index >= 15 is 0 Å². The molecule has 15 heavy (non-hydrogen) atoms. The van der Waals surface area contributed by atoms with E-state index in [4.69, 9.17) is 5.11 Å². The zero-order chi connectivity index (χ0) is 10.9. The number of hydrogen-bond donors (Lipinski definition) is 2. The SMILES string of the molecule is O=C(O)C(=O)NC1(c2ccccc2)CC1. The maximum absolute atomic E-state index is 11.1. The summed E-state index contributed by atoms with van der Waals surface area (Å²) in [6.45, 7) is 0. The summed E-state index contributed by atoms with van der Waals surface area (Å²) in [4.78, 5) is 21.5. The highest BCUT2D eigenvalue weighted by Crippen LogP contribution is 2.45. The second-order valence-electron chi connectivity index (χ2n) is 3.71. The molecule has 0 bridgehead atoms. The first-order chi connectivity index (χ1) is 7.14. The smallest absolute Gasteiger partial charge is 0.394 e. The molecule has 4 nitrogen and oxygen atoms in total. The highest BCUT2D eigenvalue weighted by Gasteiger charge is 2.46. The summed E-state index contributed by atoms with van der Waals surface area (Å²) in [5, 5.41) is 11.1. The maximum atomic E-state index is 11.1. The largest absolute Gasteiger partial charge is 0.474 e. The van der Waals surface area contributed by atoms with Gasteiger partial charge in [0.2, 0.25) is 0 Å². The van der Waals surface area contributed by atoms with Gasteiger partial charge in [0.25, 0.3) is 0 Å². The van der Waals surface area contributed by atoms with E-state index in [1.165, 1.54) is 0 Å². The van der Waals surface area contributed by atoms with Crippen LogP contribution in [0, 0.1) is 0 Å². The number of nitrogens with one attached hydrogen (secondary N) is 1. The lowest BCUT2D eigenvalue weighted by Gasteiger charge is -2.16. The van der Waals surface area contributed by atoms with Gasteiger partial charge in [-0.15, -0.1) is 0 Å². The molecule has 1 aromatic carbocycles. The number of benzene rings is 1. The van der Waals surface area contributed by atoms with E-state index in [0.717, 1.165) is 18.4 Å². The van der Waals surface area contributed by atoms with E-state index in [-0.39, 0.29) is 0 Å². The van der Waals surface area contributed by atoms with Crippen LogP contribution in [0.3, 0.4) is 0 Å². The van der Waals surface area contributed by atoms with Gasteiger partial charge in [0.1, 0.15) is 0 Å². The first kappa shape index (κ1) is 9.71. The van der Waals surface area contributed by atoms with Crippen molar-refractivity contribution < 1.29 is 14.7 Å². The van der Waals surface area contributed by atoms with E-state index < -0.39 is 17.4 Å². The first-order valence-electron chi connectivity index (χ1n) is 4.75. The molecular weight excluding hydrogens is 194 g/mol. The fraction of sp³-hybridized carbons (Fsp3) is 0.273. The summed E-state index contributed by atoms with van der Waals surface area (Å²) in [5.41, 5.74) is 0.538. The van der Waals surface area contributed by atoms with Crippen molar-refractivity contribution in [1.29, 1.82) is 0 Å². The highest BCUT2D eigenvalue weighted by atomic mass is 16.4. The van der Waals surface area contributed by atoms with E-state index in [9.17, 15) is 9.59 Å². The standard InChI is InChI=1S/C11H11NO3/c13-9(10(14)15)12-11(6-7-11)8-4-2-1-3-5-8/h1-5H,6-7H2,(H,12,13)(H,14,15). The molecule has 1 saturated carbocycles. The first-order valence-corrected chi connectivity index (χ1v) is 4.75. The molecule has 1 fully saturated rings. The quantitative estimate of drug-likeness (QED) is 0.704. The molecule has 1 aliphatic rings. The summed E-state index contributed by atoms with van der Waals surface area (Å²) in [5.74, 6) is -2.37. The minimum Gasteiger partial charge on any atom is -0.474 e. The molecule has 2 rings (SSSR count). The van der Waals surface area contributed by atoms with E-state index in [0.29, 0.717) is 0 Å². The van der Waals surface area contributed by atoms with Gasteiger partial charge in [0.05, 0.1) is 5.54 Å². The monoisotopic (exact) mass is 205 g/mol. The van der Waals surface area contributed by atoms with Gasteiger partial charge in [-0.1, -0.05) is 30.3 Å². The van der Waals surface area contributed by atoms with Crippen LogP contribution in [0.1, 0.15) is 18.4 Å². The average Bonchev–Trinajstić information content (AvgIpc) is 3.00. The number of carbonyl (C=O) groups excluding carboxylic acids is 1. The van der Waals surface area contributed by atoms with Gasteiger partial charge in [-0.25, -0.2) is 4.79 Å². The Balaban J connectivity index is 2.15. The van der Waals surface area contributed by atoms with Crippen molar-refractivity contribution in [2.75, 3.05) is 0 Å². The molecule has 0 atom stereocenters. The Hall–Kier alpha value is -1.84. The van der Waals surface area contributed by atoms with Crippen molar-refractivity contribution in [3.63, 3.8) is 0 Å². The molecule has 4 heteroatoms. The van der Waals surface area contributed by atoms with Crippen LogP contribution in [-0.2, 0) is 15.1 Å². The molecule has 0 spiro atoms. The van der Waals surface area contributed by atoms with Crippen LogP contribution < -0.4 is 5.32 Å². The number of carboxylic acids is 1. The Bertz CT molecular complexity index is 396. The zero-order valence-corrected chi connectivity index (χ0v) is 8.06. The molecule has 0 saturated heterocycles. The van der Waals surface area contributed by atoms with Gasteiger partial charge in [-0.05, 0) is 18.4 Å². The number of aliphatic carboxylic acids is 1. The Morgan fingerprint density at radius 1 is 1.20 bits per heavy atom. The van der Waals surface area contributed by atoms with Crippen LogP contribution in [0.15, 0.2) is 30.3 Å². The lowest BCUT2D eigenvalue weighted by atomic mass is 10.1. The van der Waals surface area contributed by atoms with Crippen LogP contribution in [0.5, 0.6) is 0 Å². The molecule has 0 aliphatic heterocycles. The fourth-order valence-corrected chi connectivity index (χ4v) is 1.64. The summed E-state index contributed by atoms with van der Waals surface area (Å²) in [6, 6.07) is 9.44. The van der Waals surface area contributed by atoms with Crippen LogP contribution >= 0.6 is 0 Å². The minimum atomic E-state index is -1.43. The molecule has 0 unspecified atom stereocenters. The van der Waals surface area contributed by atoms with Crippen LogP contribution in [0.25, 0.3) is 0 Å². The third-order valence-corrected chi connectivity index (χ3v) is 2.62. The number of rotatable bonds is 2. The normalized spacial score (nSPS) is 16.8. The molecule has 0 aromatic heterocycles. The lowest BCUT2D eigenvalue weighted by Crippen LogP contribution is -2.39. The van der Waals surface area contributed by atoms with Gasteiger partial charge < -0.3 is 10.4 Å². The van der Waals surface area contributed by atoms with Crippen molar-refractivity contribution in [2.45, 2.75) is 18.4 Å². The summed E-state index contributed by atoms with van der Waals surface area (Å²) < 4.78 is 0. The van der Waals surface area contributed by atoms with E-state index in [2.05, 4.69) is 5.32 Å². The van der Waals surface area contributed by atoms with Crippen molar-refractivity contribution in [3.05, 3.63) is 35.9 Å². The topological polar surface area (TPSA) is 66.4 Å². The molecule has 1 aromatic rings. The van der Waals surface area contributed by atoms with Gasteiger partial charge in [-0.2, -0.15) is 0 Å². The average molecular weight is 205 g/mol. The van der Waals surface area contributed by atoms with Crippen LogP contribution in [0.4, 0.5) is 0 Å². The molecule has 0 radical (unpaired) electrons. The number of hydrogen-bond acceptors (Lipinski definition) is 2. The third-order valence-electron chi connectivity index (χ3n) is 2.62. The molecule has 1 amide bonds. The Morgan fingerprint density at radius 2 is 1.80 bits per heavy atom. The Morgan fingerprint density at radius 3 is 2.27 bits per heavy atom. The molecule has 2 N–H and O–H groups in total. The van der Waals surface area contributed by atoms with Crippen LogP contribution in [0.2, 0.25) is 0 Å². The fourth-order valence-electron chi connectivity index (χ4n) is 1.64. The second-order valence-corrected chi connectivity index (χ2v) is 3.71. The zero-order valence-electron chi connectivity index (χ0n) is 8.06. The summed E-state index contributed by atoms with van der Waals surface area (Å²) >= 11 is 0. The van der Waals surface area contributed by atoms with Crippen molar-refractivity contribution >= 4 is 11.9 Å². The number of carboxylic acid groups (broad SMARTS) is 1. The second kappa shape index (κ2) is 3.38. The summed E-state index contributed by atoms with van der Waals surface area (Å²) in [6.07, 6.45) is 1.60. The Kier molecular flexibility index (Phi) is 2.19. The molecule has 0 heterocycles. The van der Waals surface area contributed by atoms with Crippen molar-refractivity contribution in [1.82, 2.24) is 5.32 Å². The maximum Gasteiger partial charge on any atom is 0.394 e. The molecule has 78 valence electrons. The van der Waals surface area contributed by atoms with Crippen molar-refractivity contribution in [2.24, 2.45) is 0 Å². The van der Waals surface area contributed by atoms with Gasteiger partial charge in [-0.3, -0.25) is 4.79 Å². The highest BCUT2D eigenvalue weighted by molar-refractivity contribution is 6.31. The van der Waals surface area contributed by atoms with Gasteiger partial charge >= 0.3 is 11.9 Å². The van der Waals surface area contributed by atoms with Gasteiger partial charge in [0.15, 0.2) is 0 Å². The predicted octanol–water partition coefficient (Wildman–Crippen LogP) is 0.876. The number of amides is 1. The predicted molar refractivity (Wildman–Crippen MR) is 53.1 cm³/mol. The summed E-state index contributed by atoms with van der Waals surface area (Å²) in [7, 11) is 0. The van der Waals surface area contributed by atoms with Crippen molar-refractivity contribution in [3.8, 4) is 0 Å². The minimum absolute atomic E-state index is 0.434. The van der Waals surface area contributed by atoms with Crippen LogP contribution in [-0.4, -0.2) is 17.0 Å². The number of carbonyl (C=O) groups is 2. The third kappa shape index (κ3) is 1.83. The molecule has 1 aliphatic carbocycles. The van der Waals surface area contributed by atoms with E-state index in [1.54, 1.807) is 0 Å². The lowest BCUT2D eigenvalue weighted by molar-refractivity contribution is -0.150. The Labute approximate surface area is 86.9 Å². The van der Waals surface area contributed by atoms with Gasteiger partial charge in [0, 0.05) is 0 Å². The van der Waals surface area contributed by atoms with E-state index in [1.807, 2.05) is 30.3 Å².